The monoisotopic (exact) mass is 518 g/mol. The number of benzene rings is 1. The van der Waals surface area contributed by atoms with E-state index in [1.807, 2.05) is 43.7 Å². The fraction of sp³-hybridized carbons (Fsp3) is 0.303. The maximum atomic E-state index is 4.97. The van der Waals surface area contributed by atoms with Gasteiger partial charge in [0.15, 0.2) is 0 Å². The van der Waals surface area contributed by atoms with E-state index in [0.29, 0.717) is 6.42 Å². The van der Waals surface area contributed by atoms with E-state index in [4.69, 9.17) is 4.98 Å². The van der Waals surface area contributed by atoms with Crippen LogP contribution in [0.5, 0.6) is 0 Å². The SMILES string of the molecule is C=C/C(=C\C(=C/C)c1ccc(NC)c(Cc2nc3c(-c4ccccn4)cncc3[nH]2)c1)CNCC1CCCC1. The van der Waals surface area contributed by atoms with E-state index >= 15 is 0 Å². The van der Waals surface area contributed by atoms with E-state index in [1.54, 1.807) is 6.20 Å². The summed E-state index contributed by atoms with van der Waals surface area (Å²) >= 11 is 0. The van der Waals surface area contributed by atoms with Crippen molar-refractivity contribution in [2.24, 2.45) is 5.92 Å². The van der Waals surface area contributed by atoms with E-state index in [2.05, 4.69) is 69.4 Å². The second-order valence-electron chi connectivity index (χ2n) is 10.2. The fourth-order valence-electron chi connectivity index (χ4n) is 5.47. The van der Waals surface area contributed by atoms with E-state index in [0.717, 1.165) is 52.8 Å². The Kier molecular flexibility index (Phi) is 8.64. The zero-order chi connectivity index (χ0) is 27.0. The van der Waals surface area contributed by atoms with Gasteiger partial charge in [0, 0.05) is 43.7 Å². The Bertz CT molecular complexity index is 1470. The molecule has 6 nitrogen and oxygen atoms in total. The number of nitrogens with one attached hydrogen (secondary N) is 3. The zero-order valence-electron chi connectivity index (χ0n) is 23.0. The van der Waals surface area contributed by atoms with Gasteiger partial charge in [-0.3, -0.25) is 9.97 Å². The molecule has 0 amide bonds. The van der Waals surface area contributed by atoms with E-state index < -0.39 is 0 Å². The minimum atomic E-state index is 0.665. The highest BCUT2D eigenvalue weighted by Gasteiger charge is 2.15. The van der Waals surface area contributed by atoms with Crippen molar-refractivity contribution in [1.82, 2.24) is 25.3 Å². The van der Waals surface area contributed by atoms with Gasteiger partial charge in [0.1, 0.15) is 11.3 Å². The quantitative estimate of drug-likeness (QED) is 0.187. The van der Waals surface area contributed by atoms with Crippen LogP contribution in [0.2, 0.25) is 0 Å². The normalized spacial score (nSPS) is 14.7. The molecule has 39 heavy (non-hydrogen) atoms. The molecule has 0 bridgehead atoms. The van der Waals surface area contributed by atoms with Crippen LogP contribution in [0.25, 0.3) is 27.9 Å². The van der Waals surface area contributed by atoms with Crippen molar-refractivity contribution in [1.29, 1.82) is 0 Å². The third-order valence-electron chi connectivity index (χ3n) is 7.60. The average Bonchev–Trinajstić information content (AvgIpc) is 3.65. The number of hydrogen-bond donors (Lipinski definition) is 3. The Morgan fingerprint density at radius 1 is 1.15 bits per heavy atom. The lowest BCUT2D eigenvalue weighted by Crippen LogP contribution is -2.23. The minimum absolute atomic E-state index is 0.665. The summed E-state index contributed by atoms with van der Waals surface area (Å²) in [6.45, 7) is 8.10. The molecule has 5 rings (SSSR count). The summed E-state index contributed by atoms with van der Waals surface area (Å²) in [7, 11) is 1.96. The van der Waals surface area contributed by atoms with Gasteiger partial charge < -0.3 is 15.6 Å². The summed E-state index contributed by atoms with van der Waals surface area (Å²) in [6, 6.07) is 12.5. The second kappa shape index (κ2) is 12.7. The number of anilines is 1. The Labute approximate surface area is 231 Å². The number of H-pyrrole nitrogens is 1. The van der Waals surface area contributed by atoms with Crippen LogP contribution in [-0.2, 0) is 6.42 Å². The number of aromatic nitrogens is 4. The molecule has 0 saturated heterocycles. The molecule has 0 unspecified atom stereocenters. The highest BCUT2D eigenvalue weighted by Crippen LogP contribution is 2.29. The van der Waals surface area contributed by atoms with Crippen LogP contribution in [0.4, 0.5) is 5.69 Å². The van der Waals surface area contributed by atoms with Crippen molar-refractivity contribution in [3.63, 3.8) is 0 Å². The maximum Gasteiger partial charge on any atom is 0.111 e. The molecule has 1 aliphatic rings. The average molecular weight is 519 g/mol. The Hall–Kier alpha value is -4.03. The van der Waals surface area contributed by atoms with Crippen molar-refractivity contribution < 1.29 is 0 Å². The Morgan fingerprint density at radius 3 is 2.77 bits per heavy atom. The summed E-state index contributed by atoms with van der Waals surface area (Å²) in [6.07, 6.45) is 18.0. The number of allylic oxidation sites excluding steroid dienone is 3. The predicted molar refractivity (Wildman–Crippen MR) is 163 cm³/mol. The van der Waals surface area contributed by atoms with Gasteiger partial charge in [0.05, 0.1) is 17.4 Å². The van der Waals surface area contributed by atoms with Gasteiger partial charge in [-0.2, -0.15) is 0 Å². The number of rotatable bonds is 11. The molecule has 0 spiro atoms. The molecule has 1 saturated carbocycles. The van der Waals surface area contributed by atoms with Gasteiger partial charge in [-0.1, -0.05) is 49.8 Å². The Morgan fingerprint density at radius 2 is 2.03 bits per heavy atom. The smallest absolute Gasteiger partial charge is 0.111 e. The van der Waals surface area contributed by atoms with Crippen LogP contribution in [0, 0.1) is 5.92 Å². The fourth-order valence-corrected chi connectivity index (χ4v) is 5.47. The predicted octanol–water partition coefficient (Wildman–Crippen LogP) is 6.95. The number of pyridine rings is 2. The number of aromatic amines is 1. The van der Waals surface area contributed by atoms with Gasteiger partial charge in [-0.05, 0) is 78.8 Å². The van der Waals surface area contributed by atoms with Gasteiger partial charge in [0.25, 0.3) is 0 Å². The van der Waals surface area contributed by atoms with Crippen LogP contribution in [0.1, 0.15) is 49.6 Å². The second-order valence-corrected chi connectivity index (χ2v) is 10.2. The number of hydrogen-bond acceptors (Lipinski definition) is 5. The molecule has 3 aromatic heterocycles. The lowest BCUT2D eigenvalue weighted by molar-refractivity contribution is 0.503. The summed E-state index contributed by atoms with van der Waals surface area (Å²) in [4.78, 5) is 17.4. The first kappa shape index (κ1) is 26.6. The van der Waals surface area contributed by atoms with Crippen LogP contribution in [-0.4, -0.2) is 40.1 Å². The van der Waals surface area contributed by atoms with E-state index in [9.17, 15) is 0 Å². The first-order valence-electron chi connectivity index (χ1n) is 13.9. The molecule has 4 aromatic rings. The third kappa shape index (κ3) is 6.35. The third-order valence-corrected chi connectivity index (χ3v) is 7.60. The van der Waals surface area contributed by atoms with Crippen molar-refractivity contribution in [3.8, 4) is 11.3 Å². The van der Waals surface area contributed by atoms with Gasteiger partial charge in [0.2, 0.25) is 0 Å². The van der Waals surface area contributed by atoms with Crippen molar-refractivity contribution in [2.75, 3.05) is 25.5 Å². The zero-order valence-corrected chi connectivity index (χ0v) is 23.0. The minimum Gasteiger partial charge on any atom is -0.388 e. The molecular weight excluding hydrogens is 480 g/mol. The molecule has 1 aliphatic carbocycles. The molecule has 3 N–H and O–H groups in total. The molecule has 3 heterocycles. The topological polar surface area (TPSA) is 78.5 Å². The van der Waals surface area contributed by atoms with Crippen molar-refractivity contribution >= 4 is 22.3 Å². The summed E-state index contributed by atoms with van der Waals surface area (Å²) in [5.74, 6) is 1.72. The first-order valence-corrected chi connectivity index (χ1v) is 13.9. The standard InChI is InChI=1S/C33H38N6/c1-4-23(19-35-20-24-10-6-7-11-24)16-25(5-2)26-13-14-29(34-3)27(17-26)18-32-38-31-22-36-21-28(33(31)39-32)30-12-8-9-15-37-30/h4-5,8-9,12-17,21-22,24,34-35H,1,6-7,10-11,18-20H2,2-3H3,(H,38,39)/b23-16+,25-5+. The molecule has 1 fully saturated rings. The largest absolute Gasteiger partial charge is 0.388 e. The molecular formula is C33H38N6. The molecule has 200 valence electrons. The molecule has 6 heteroatoms. The van der Waals surface area contributed by atoms with Crippen LogP contribution in [0.15, 0.2) is 85.4 Å². The number of nitrogens with zero attached hydrogens (tertiary/aromatic N) is 3. The van der Waals surface area contributed by atoms with Gasteiger partial charge >= 0.3 is 0 Å². The van der Waals surface area contributed by atoms with Crippen LogP contribution >= 0.6 is 0 Å². The van der Waals surface area contributed by atoms with Crippen LogP contribution in [0.3, 0.4) is 0 Å². The highest BCUT2D eigenvalue weighted by atomic mass is 14.9. The highest BCUT2D eigenvalue weighted by molar-refractivity contribution is 5.90. The summed E-state index contributed by atoms with van der Waals surface area (Å²) in [5.41, 5.74) is 9.41. The molecule has 0 aliphatic heterocycles. The summed E-state index contributed by atoms with van der Waals surface area (Å²) < 4.78 is 0. The maximum absolute atomic E-state index is 4.97. The van der Waals surface area contributed by atoms with E-state index in [1.165, 1.54) is 48.0 Å². The molecule has 0 radical (unpaired) electrons. The molecule has 0 atom stereocenters. The van der Waals surface area contributed by atoms with Crippen molar-refractivity contribution in [2.45, 2.75) is 39.0 Å². The lowest BCUT2D eigenvalue weighted by atomic mass is 9.98. The Balaban J connectivity index is 1.38. The number of fused-ring (bicyclic) bond motifs is 1. The first-order chi connectivity index (χ1) is 19.2. The van der Waals surface area contributed by atoms with Crippen LogP contribution < -0.4 is 10.6 Å². The number of imidazole rings is 1. The summed E-state index contributed by atoms with van der Waals surface area (Å²) in [5, 5.41) is 7.00. The molecule has 1 aromatic carbocycles. The van der Waals surface area contributed by atoms with Crippen molar-refractivity contribution in [3.05, 3.63) is 102 Å². The lowest BCUT2D eigenvalue weighted by Gasteiger charge is -2.13. The van der Waals surface area contributed by atoms with Gasteiger partial charge in [-0.25, -0.2) is 4.98 Å². The van der Waals surface area contributed by atoms with Gasteiger partial charge in [-0.15, -0.1) is 0 Å². The van der Waals surface area contributed by atoms with E-state index in [-0.39, 0.29) is 0 Å².